The lowest BCUT2D eigenvalue weighted by atomic mass is 10.0. The lowest BCUT2D eigenvalue weighted by Crippen LogP contribution is -2.08. The monoisotopic (exact) mass is 425 g/mol. The number of aryl methyl sites for hydroxylation is 2. The third kappa shape index (κ3) is 6.35. The Kier molecular flexibility index (Phi) is 7.90. The van der Waals surface area contributed by atoms with Crippen molar-refractivity contribution in [2.24, 2.45) is 7.05 Å². The van der Waals surface area contributed by atoms with Gasteiger partial charge in [-0.05, 0) is 18.4 Å². The van der Waals surface area contributed by atoms with Gasteiger partial charge in [0.2, 0.25) is 0 Å². The predicted molar refractivity (Wildman–Crippen MR) is 117 cm³/mol. The minimum Gasteiger partial charge on any atom is -0.459 e. The molecule has 30 heavy (non-hydrogen) atoms. The number of carbonyl (C=O) groups excluding carboxylic acids is 2. The Morgan fingerprint density at radius 3 is 2.63 bits per heavy atom. The van der Waals surface area contributed by atoms with Crippen LogP contribution in [0.15, 0.2) is 42.0 Å². The van der Waals surface area contributed by atoms with E-state index >= 15 is 0 Å². The Hall–Kier alpha value is -2.80. The van der Waals surface area contributed by atoms with E-state index in [1.165, 1.54) is 36.2 Å². The second-order valence-electron chi connectivity index (χ2n) is 7.28. The van der Waals surface area contributed by atoms with Crippen molar-refractivity contribution in [3.8, 4) is 10.6 Å². The van der Waals surface area contributed by atoms with E-state index in [0.29, 0.717) is 11.3 Å². The van der Waals surface area contributed by atoms with Crippen molar-refractivity contribution in [1.29, 1.82) is 0 Å². The minimum atomic E-state index is -0.393. The van der Waals surface area contributed by atoms with E-state index in [4.69, 9.17) is 4.74 Å². The molecule has 0 amide bonds. The van der Waals surface area contributed by atoms with Crippen molar-refractivity contribution in [2.75, 3.05) is 0 Å². The molecule has 0 atom stereocenters. The van der Waals surface area contributed by atoms with Gasteiger partial charge in [0.25, 0.3) is 0 Å². The highest BCUT2D eigenvalue weighted by atomic mass is 32.1. The summed E-state index contributed by atoms with van der Waals surface area (Å²) in [5.41, 5.74) is 3.51. The second kappa shape index (κ2) is 10.8. The number of thiazole rings is 1. The molecule has 0 radical (unpaired) electrons. The van der Waals surface area contributed by atoms with Crippen LogP contribution in [0, 0.1) is 0 Å². The number of ketones is 1. The van der Waals surface area contributed by atoms with E-state index in [2.05, 4.69) is 17.0 Å². The first-order valence-corrected chi connectivity index (χ1v) is 11.1. The van der Waals surface area contributed by atoms with Crippen molar-refractivity contribution in [2.45, 2.75) is 52.1 Å². The number of benzene rings is 1. The van der Waals surface area contributed by atoms with Gasteiger partial charge in [0.15, 0.2) is 5.78 Å². The second-order valence-corrected chi connectivity index (χ2v) is 8.14. The Morgan fingerprint density at radius 1 is 1.13 bits per heavy atom. The predicted octanol–water partition coefficient (Wildman–Crippen LogP) is 4.98. The normalized spacial score (nSPS) is 10.9. The number of carbonyl (C=O) groups is 2. The maximum atomic E-state index is 12.3. The summed E-state index contributed by atoms with van der Waals surface area (Å²) in [6, 6.07) is 7.71. The maximum absolute atomic E-state index is 12.3. The lowest BCUT2D eigenvalue weighted by Gasteiger charge is -2.05. The number of hydrogen-bond donors (Lipinski definition) is 0. The van der Waals surface area contributed by atoms with Gasteiger partial charge in [0.05, 0.1) is 18.3 Å². The zero-order chi connectivity index (χ0) is 21.3. The number of aromatic nitrogens is 3. The molecular formula is C23H27N3O3S. The zero-order valence-corrected chi connectivity index (χ0v) is 18.3. The Bertz CT molecular complexity index is 976. The zero-order valence-electron chi connectivity index (χ0n) is 17.5. The average Bonchev–Trinajstić information content (AvgIpc) is 3.40. The van der Waals surface area contributed by atoms with E-state index in [0.717, 1.165) is 17.0 Å². The number of hydrogen-bond acceptors (Lipinski definition) is 6. The molecule has 6 nitrogen and oxygen atoms in total. The van der Waals surface area contributed by atoms with Crippen LogP contribution in [-0.2, 0) is 29.6 Å². The van der Waals surface area contributed by atoms with Crippen LogP contribution in [0.4, 0.5) is 0 Å². The summed E-state index contributed by atoms with van der Waals surface area (Å²) in [6.45, 7) is 2.29. The first-order valence-electron chi connectivity index (χ1n) is 10.3. The van der Waals surface area contributed by atoms with Crippen molar-refractivity contribution in [1.82, 2.24) is 14.8 Å². The highest BCUT2D eigenvalue weighted by molar-refractivity contribution is 7.13. The van der Waals surface area contributed by atoms with Crippen molar-refractivity contribution >= 4 is 23.1 Å². The summed E-state index contributed by atoms with van der Waals surface area (Å²) in [4.78, 5) is 28.8. The molecule has 7 heteroatoms. The van der Waals surface area contributed by atoms with Crippen LogP contribution in [0.25, 0.3) is 10.6 Å². The molecule has 0 aliphatic rings. The summed E-state index contributed by atoms with van der Waals surface area (Å²) in [7, 11) is 1.85. The van der Waals surface area contributed by atoms with Gasteiger partial charge in [-0.2, -0.15) is 5.10 Å². The number of rotatable bonds is 11. The lowest BCUT2D eigenvalue weighted by molar-refractivity contribution is -0.145. The highest BCUT2D eigenvalue weighted by Gasteiger charge is 2.12. The van der Waals surface area contributed by atoms with Gasteiger partial charge >= 0.3 is 5.97 Å². The van der Waals surface area contributed by atoms with E-state index in [9.17, 15) is 9.59 Å². The van der Waals surface area contributed by atoms with Gasteiger partial charge in [-0.3, -0.25) is 14.3 Å². The summed E-state index contributed by atoms with van der Waals surface area (Å²) in [6.07, 6.45) is 8.46. The average molecular weight is 426 g/mol. The fraction of sp³-hybridized carbons (Fsp3) is 0.391. The quantitative estimate of drug-likeness (QED) is 0.246. The molecule has 2 heterocycles. The Labute approximate surface area is 180 Å². The number of Topliss-reactive ketones (excluding diaryl/α,β-unsaturated/α-hetero) is 1. The maximum Gasteiger partial charge on any atom is 0.306 e. The third-order valence-corrected chi connectivity index (χ3v) is 5.73. The molecule has 0 bridgehead atoms. The first kappa shape index (κ1) is 21.9. The smallest absolute Gasteiger partial charge is 0.306 e. The van der Waals surface area contributed by atoms with Gasteiger partial charge in [0, 0.05) is 36.2 Å². The van der Waals surface area contributed by atoms with E-state index in [1.54, 1.807) is 10.9 Å². The summed E-state index contributed by atoms with van der Waals surface area (Å²) in [5.74, 6) is -0.435. The van der Waals surface area contributed by atoms with Gasteiger partial charge in [-0.1, -0.05) is 44.0 Å². The van der Waals surface area contributed by atoms with E-state index < -0.39 is 5.97 Å². The molecular weight excluding hydrogens is 398 g/mol. The molecule has 2 aromatic heterocycles. The van der Waals surface area contributed by atoms with E-state index in [-0.39, 0.29) is 25.2 Å². The molecule has 0 N–H and O–H groups in total. The molecule has 0 fully saturated rings. The summed E-state index contributed by atoms with van der Waals surface area (Å²) in [5, 5.41) is 6.83. The summed E-state index contributed by atoms with van der Waals surface area (Å²) >= 11 is 1.48. The van der Waals surface area contributed by atoms with Crippen molar-refractivity contribution in [3.63, 3.8) is 0 Å². The van der Waals surface area contributed by atoms with Crippen LogP contribution in [0.5, 0.6) is 0 Å². The van der Waals surface area contributed by atoms with Crippen LogP contribution in [0.1, 0.15) is 60.6 Å². The van der Waals surface area contributed by atoms with Crippen molar-refractivity contribution < 1.29 is 14.3 Å². The molecule has 0 spiro atoms. The van der Waals surface area contributed by atoms with Crippen LogP contribution in [0.3, 0.4) is 0 Å². The fourth-order valence-corrected chi connectivity index (χ4v) is 3.84. The topological polar surface area (TPSA) is 74.1 Å². The molecule has 158 valence electrons. The van der Waals surface area contributed by atoms with Gasteiger partial charge in [-0.15, -0.1) is 11.3 Å². The molecule has 0 aliphatic heterocycles. The largest absolute Gasteiger partial charge is 0.459 e. The Balaban J connectivity index is 1.41. The van der Waals surface area contributed by atoms with Crippen LogP contribution in [0.2, 0.25) is 0 Å². The highest BCUT2D eigenvalue weighted by Crippen LogP contribution is 2.23. The summed E-state index contributed by atoms with van der Waals surface area (Å²) < 4.78 is 6.99. The first-order chi connectivity index (χ1) is 14.5. The van der Waals surface area contributed by atoms with Gasteiger partial charge in [0.1, 0.15) is 11.6 Å². The number of unbranched alkanes of at least 4 members (excludes halogenated alkanes) is 2. The van der Waals surface area contributed by atoms with Crippen molar-refractivity contribution in [3.05, 3.63) is 58.9 Å². The number of ether oxygens (including phenoxy) is 1. The van der Waals surface area contributed by atoms with Crippen LogP contribution in [-0.4, -0.2) is 26.5 Å². The molecule has 1 aromatic carbocycles. The molecule has 0 saturated heterocycles. The number of nitrogens with zero attached hydrogens (tertiary/aromatic N) is 3. The van der Waals surface area contributed by atoms with E-state index in [1.807, 2.05) is 42.9 Å². The molecule has 3 aromatic rings. The SMILES string of the molecule is CCCCCc1ccc(C(=O)CCC(=O)OCc2csc(-c3cnn(C)c3)n2)cc1. The molecule has 0 unspecified atom stereocenters. The fourth-order valence-electron chi connectivity index (χ4n) is 3.06. The molecule has 0 saturated carbocycles. The van der Waals surface area contributed by atoms with Crippen LogP contribution < -0.4 is 0 Å². The van der Waals surface area contributed by atoms with Crippen LogP contribution >= 0.6 is 11.3 Å². The Morgan fingerprint density at radius 2 is 1.93 bits per heavy atom. The molecule has 0 aliphatic carbocycles. The standard InChI is InChI=1S/C23H27N3O3S/c1-3-4-5-6-17-7-9-18(10-8-17)21(27)11-12-22(28)29-15-20-16-30-23(25-20)19-13-24-26(2)14-19/h7-10,13-14,16H,3-6,11-12,15H2,1-2H3. The van der Waals surface area contributed by atoms with Gasteiger partial charge in [-0.25, -0.2) is 4.98 Å². The van der Waals surface area contributed by atoms with Gasteiger partial charge < -0.3 is 4.74 Å². The minimum absolute atomic E-state index is 0.0421. The third-order valence-electron chi connectivity index (χ3n) is 4.79. The molecule has 3 rings (SSSR count). The number of esters is 1.